The second-order valence-corrected chi connectivity index (χ2v) is 5.40. The number of thiazole rings is 1. The predicted octanol–water partition coefficient (Wildman–Crippen LogP) is 1.11. The third-order valence-corrected chi connectivity index (χ3v) is 4.02. The Bertz CT molecular complexity index is 337. The molecule has 1 aliphatic rings. The van der Waals surface area contributed by atoms with Crippen LogP contribution in [0.15, 0.2) is 5.38 Å². The maximum absolute atomic E-state index is 9.07. The molecule has 1 aromatic heterocycles. The van der Waals surface area contributed by atoms with Crippen molar-refractivity contribution in [2.24, 2.45) is 0 Å². The molecule has 1 aliphatic heterocycles. The summed E-state index contributed by atoms with van der Waals surface area (Å²) in [6.07, 6.45) is 1.00. The van der Waals surface area contributed by atoms with Crippen LogP contribution in [0.1, 0.15) is 23.5 Å². The standard InChI is InChI=1S/C12H20N2O2S/c1-10(8-15)11-9-17-12(13-11)2-3-14-4-6-16-7-5-14/h9-10,15H,2-8H2,1H3. The second-order valence-electron chi connectivity index (χ2n) is 4.45. The van der Waals surface area contributed by atoms with Crippen LogP contribution in [0.5, 0.6) is 0 Å². The summed E-state index contributed by atoms with van der Waals surface area (Å²) < 4.78 is 5.32. The first-order valence-electron chi connectivity index (χ1n) is 6.15. The Morgan fingerprint density at radius 1 is 1.53 bits per heavy atom. The number of aliphatic hydroxyl groups is 1. The minimum atomic E-state index is 0.156. The van der Waals surface area contributed by atoms with E-state index in [1.54, 1.807) is 11.3 Å². The van der Waals surface area contributed by atoms with Crippen LogP contribution in [0.4, 0.5) is 0 Å². The lowest BCUT2D eigenvalue weighted by Gasteiger charge is -2.26. The fraction of sp³-hybridized carbons (Fsp3) is 0.750. The van der Waals surface area contributed by atoms with Crippen molar-refractivity contribution in [2.45, 2.75) is 19.3 Å². The average molecular weight is 256 g/mol. The summed E-state index contributed by atoms with van der Waals surface area (Å²) in [4.78, 5) is 6.98. The molecular formula is C12H20N2O2S. The normalized spacial score (nSPS) is 19.4. The molecule has 0 radical (unpaired) electrons. The molecule has 4 nitrogen and oxygen atoms in total. The molecule has 1 N–H and O–H groups in total. The molecule has 1 fully saturated rings. The van der Waals surface area contributed by atoms with Crippen LogP contribution in [-0.4, -0.2) is 54.4 Å². The van der Waals surface area contributed by atoms with Gasteiger partial charge in [-0.25, -0.2) is 4.98 Å². The molecule has 0 aromatic carbocycles. The number of hydrogen-bond donors (Lipinski definition) is 1. The number of rotatable bonds is 5. The summed E-state index contributed by atoms with van der Waals surface area (Å²) >= 11 is 1.70. The van der Waals surface area contributed by atoms with Gasteiger partial charge in [-0.05, 0) is 0 Å². The van der Waals surface area contributed by atoms with Crippen LogP contribution in [0, 0.1) is 0 Å². The van der Waals surface area contributed by atoms with Gasteiger partial charge in [0.25, 0.3) is 0 Å². The number of aromatic nitrogens is 1. The largest absolute Gasteiger partial charge is 0.396 e. The number of hydrogen-bond acceptors (Lipinski definition) is 5. The lowest BCUT2D eigenvalue weighted by Crippen LogP contribution is -2.37. The minimum Gasteiger partial charge on any atom is -0.396 e. The van der Waals surface area contributed by atoms with Crippen LogP contribution in [0.25, 0.3) is 0 Å². The van der Waals surface area contributed by atoms with E-state index in [4.69, 9.17) is 9.84 Å². The van der Waals surface area contributed by atoms with E-state index in [1.807, 2.05) is 6.92 Å². The number of ether oxygens (including phenoxy) is 1. The van der Waals surface area contributed by atoms with Gasteiger partial charge in [0, 0.05) is 37.4 Å². The lowest BCUT2D eigenvalue weighted by molar-refractivity contribution is 0.0384. The van der Waals surface area contributed by atoms with Gasteiger partial charge in [-0.1, -0.05) is 6.92 Å². The fourth-order valence-corrected chi connectivity index (χ4v) is 2.75. The quantitative estimate of drug-likeness (QED) is 0.857. The van der Waals surface area contributed by atoms with Crippen molar-refractivity contribution in [3.05, 3.63) is 16.1 Å². The first-order chi connectivity index (χ1) is 8.29. The van der Waals surface area contributed by atoms with Gasteiger partial charge in [-0.3, -0.25) is 4.90 Å². The van der Waals surface area contributed by atoms with E-state index >= 15 is 0 Å². The molecule has 1 atom stereocenters. The summed E-state index contributed by atoms with van der Waals surface area (Å²) in [5, 5.41) is 12.3. The maximum atomic E-state index is 9.07. The smallest absolute Gasteiger partial charge is 0.0941 e. The lowest BCUT2D eigenvalue weighted by atomic mass is 10.1. The molecule has 96 valence electrons. The fourth-order valence-electron chi connectivity index (χ4n) is 1.84. The van der Waals surface area contributed by atoms with Gasteiger partial charge in [0.05, 0.1) is 30.5 Å². The van der Waals surface area contributed by atoms with Gasteiger partial charge in [-0.15, -0.1) is 11.3 Å². The third kappa shape index (κ3) is 3.74. The van der Waals surface area contributed by atoms with Crippen LogP contribution in [0.2, 0.25) is 0 Å². The third-order valence-electron chi connectivity index (χ3n) is 3.09. The predicted molar refractivity (Wildman–Crippen MR) is 68.6 cm³/mol. The van der Waals surface area contributed by atoms with Crippen LogP contribution in [-0.2, 0) is 11.2 Å². The molecule has 1 saturated heterocycles. The molecule has 0 spiro atoms. The zero-order valence-corrected chi connectivity index (χ0v) is 11.1. The Balaban J connectivity index is 1.80. The monoisotopic (exact) mass is 256 g/mol. The first-order valence-corrected chi connectivity index (χ1v) is 7.03. The Morgan fingerprint density at radius 3 is 3.00 bits per heavy atom. The number of morpholine rings is 1. The highest BCUT2D eigenvalue weighted by atomic mass is 32.1. The van der Waals surface area contributed by atoms with Crippen LogP contribution >= 0.6 is 11.3 Å². The van der Waals surface area contributed by atoms with Crippen LogP contribution in [0.3, 0.4) is 0 Å². The van der Waals surface area contributed by atoms with E-state index < -0.39 is 0 Å². The van der Waals surface area contributed by atoms with Crippen molar-refractivity contribution < 1.29 is 9.84 Å². The van der Waals surface area contributed by atoms with Crippen molar-refractivity contribution in [3.63, 3.8) is 0 Å². The van der Waals surface area contributed by atoms with Gasteiger partial charge in [0.2, 0.25) is 0 Å². The molecule has 0 amide bonds. The summed E-state index contributed by atoms with van der Waals surface area (Å²) in [6, 6.07) is 0. The van der Waals surface area contributed by atoms with E-state index in [0.29, 0.717) is 0 Å². The van der Waals surface area contributed by atoms with Gasteiger partial charge in [0.1, 0.15) is 0 Å². The molecule has 17 heavy (non-hydrogen) atoms. The summed E-state index contributed by atoms with van der Waals surface area (Å²) in [5.41, 5.74) is 1.02. The van der Waals surface area contributed by atoms with E-state index in [2.05, 4.69) is 15.3 Å². The van der Waals surface area contributed by atoms with Crippen molar-refractivity contribution in [1.82, 2.24) is 9.88 Å². The zero-order valence-electron chi connectivity index (χ0n) is 10.3. The van der Waals surface area contributed by atoms with Crippen molar-refractivity contribution in [3.8, 4) is 0 Å². The Labute approximate surface area is 106 Å². The van der Waals surface area contributed by atoms with Crippen LogP contribution < -0.4 is 0 Å². The summed E-state index contributed by atoms with van der Waals surface area (Å²) in [7, 11) is 0. The van der Waals surface area contributed by atoms with E-state index in [-0.39, 0.29) is 12.5 Å². The van der Waals surface area contributed by atoms with Gasteiger partial charge >= 0.3 is 0 Å². The Morgan fingerprint density at radius 2 is 2.29 bits per heavy atom. The SMILES string of the molecule is CC(CO)c1csc(CCN2CCOCC2)n1. The average Bonchev–Trinajstić information content (AvgIpc) is 2.85. The topological polar surface area (TPSA) is 45.6 Å². The Hall–Kier alpha value is -0.490. The molecule has 2 rings (SSSR count). The molecule has 0 bridgehead atoms. The Kier molecular flexibility index (Phi) is 4.91. The molecule has 0 saturated carbocycles. The van der Waals surface area contributed by atoms with Crippen molar-refractivity contribution in [1.29, 1.82) is 0 Å². The zero-order chi connectivity index (χ0) is 12.1. The van der Waals surface area contributed by atoms with Crippen molar-refractivity contribution >= 4 is 11.3 Å². The highest BCUT2D eigenvalue weighted by Crippen LogP contribution is 2.18. The van der Waals surface area contributed by atoms with E-state index in [0.717, 1.165) is 45.0 Å². The molecule has 0 aliphatic carbocycles. The highest BCUT2D eigenvalue weighted by molar-refractivity contribution is 7.09. The highest BCUT2D eigenvalue weighted by Gasteiger charge is 2.12. The summed E-state index contributed by atoms with van der Waals surface area (Å²) in [5.74, 6) is 0.156. The maximum Gasteiger partial charge on any atom is 0.0941 e. The van der Waals surface area contributed by atoms with Gasteiger partial charge in [0.15, 0.2) is 0 Å². The second kappa shape index (κ2) is 6.44. The summed E-state index contributed by atoms with van der Waals surface area (Å²) in [6.45, 7) is 7.00. The van der Waals surface area contributed by atoms with Gasteiger partial charge in [-0.2, -0.15) is 0 Å². The number of nitrogens with zero attached hydrogens (tertiary/aromatic N) is 2. The molecular weight excluding hydrogens is 236 g/mol. The first kappa shape index (κ1) is 13.0. The van der Waals surface area contributed by atoms with E-state index in [9.17, 15) is 0 Å². The molecule has 2 heterocycles. The minimum absolute atomic E-state index is 0.156. The number of aliphatic hydroxyl groups excluding tert-OH is 1. The van der Waals surface area contributed by atoms with Gasteiger partial charge < -0.3 is 9.84 Å². The molecule has 1 aromatic rings. The van der Waals surface area contributed by atoms with Crippen molar-refractivity contribution in [2.75, 3.05) is 39.5 Å². The molecule has 5 heteroatoms. The van der Waals surface area contributed by atoms with E-state index in [1.165, 1.54) is 5.01 Å². The molecule has 1 unspecified atom stereocenters.